The van der Waals surface area contributed by atoms with Crippen molar-refractivity contribution in [1.29, 1.82) is 0 Å². The summed E-state index contributed by atoms with van der Waals surface area (Å²) in [5.74, 6) is 1.22. The van der Waals surface area contributed by atoms with Crippen LogP contribution in [0.25, 0.3) is 5.78 Å². The Morgan fingerprint density at radius 1 is 1.50 bits per heavy atom. The lowest BCUT2D eigenvalue weighted by Crippen LogP contribution is -2.28. The van der Waals surface area contributed by atoms with Crippen molar-refractivity contribution in [3.8, 4) is 0 Å². The van der Waals surface area contributed by atoms with E-state index in [2.05, 4.69) is 15.3 Å². The lowest BCUT2D eigenvalue weighted by atomic mass is 9.97. The first kappa shape index (κ1) is 10.1. The van der Waals surface area contributed by atoms with Crippen LogP contribution in [0, 0.1) is 0 Å². The third kappa shape index (κ3) is 1.68. The van der Waals surface area contributed by atoms with Crippen LogP contribution in [0.15, 0.2) is 18.5 Å². The van der Waals surface area contributed by atoms with Crippen molar-refractivity contribution in [3.05, 3.63) is 29.3 Å². The summed E-state index contributed by atoms with van der Waals surface area (Å²) in [4.78, 5) is 8.48. The van der Waals surface area contributed by atoms with Crippen LogP contribution in [0.3, 0.4) is 0 Å². The number of aromatic nitrogens is 3. The van der Waals surface area contributed by atoms with Gasteiger partial charge in [0, 0.05) is 24.4 Å². The maximum atomic E-state index is 5.84. The zero-order valence-corrected chi connectivity index (χ0v) is 9.61. The van der Waals surface area contributed by atoms with E-state index in [-0.39, 0.29) is 0 Å². The number of imidazole rings is 1. The molecule has 1 saturated heterocycles. The maximum absolute atomic E-state index is 5.84. The second-order valence-corrected chi connectivity index (χ2v) is 4.53. The van der Waals surface area contributed by atoms with Crippen LogP contribution in [-0.4, -0.2) is 27.5 Å². The van der Waals surface area contributed by atoms with E-state index >= 15 is 0 Å². The Balaban J connectivity index is 2.03. The highest BCUT2D eigenvalue weighted by molar-refractivity contribution is 6.29. The summed E-state index contributed by atoms with van der Waals surface area (Å²) in [6, 6.07) is 1.80. The molecule has 0 aliphatic carbocycles. The van der Waals surface area contributed by atoms with Crippen LogP contribution < -0.4 is 5.32 Å². The molecular weight excluding hydrogens is 224 g/mol. The Bertz CT molecular complexity index is 502. The number of rotatable bonds is 1. The number of fused-ring (bicyclic) bond motifs is 1. The summed E-state index contributed by atoms with van der Waals surface area (Å²) < 4.78 is 2.03. The molecule has 1 aliphatic heterocycles. The van der Waals surface area contributed by atoms with E-state index in [0.717, 1.165) is 13.1 Å². The number of hydrogen-bond acceptors (Lipinski definition) is 3. The van der Waals surface area contributed by atoms with E-state index in [1.807, 2.05) is 16.8 Å². The lowest BCUT2D eigenvalue weighted by Gasteiger charge is -2.22. The fourth-order valence-electron chi connectivity index (χ4n) is 2.27. The quantitative estimate of drug-likeness (QED) is 0.769. The molecule has 5 heteroatoms. The summed E-state index contributed by atoms with van der Waals surface area (Å²) in [6.45, 7) is 2.15. The predicted octanol–water partition coefficient (Wildman–Crippen LogP) is 1.85. The minimum atomic E-state index is 0.492. The molecule has 0 bridgehead atoms. The van der Waals surface area contributed by atoms with Gasteiger partial charge in [-0.2, -0.15) is 0 Å². The summed E-state index contributed by atoms with van der Waals surface area (Å²) in [7, 11) is 0. The Labute approximate surface area is 98.7 Å². The van der Waals surface area contributed by atoms with Crippen molar-refractivity contribution >= 4 is 17.4 Å². The monoisotopic (exact) mass is 236 g/mol. The van der Waals surface area contributed by atoms with Gasteiger partial charge in [0.15, 0.2) is 0 Å². The Morgan fingerprint density at radius 3 is 3.25 bits per heavy atom. The van der Waals surface area contributed by atoms with Crippen LogP contribution in [0.4, 0.5) is 0 Å². The van der Waals surface area contributed by atoms with Gasteiger partial charge in [0.1, 0.15) is 5.15 Å². The standard InChI is InChI=1S/C11H13ClN4/c12-10-3-5-16-9(7-14-11(16)15-10)8-2-1-4-13-6-8/h3,5,7-8,13H,1-2,4,6H2. The number of piperidine rings is 1. The van der Waals surface area contributed by atoms with Crippen molar-refractivity contribution in [2.45, 2.75) is 18.8 Å². The number of hydrogen-bond donors (Lipinski definition) is 1. The van der Waals surface area contributed by atoms with Gasteiger partial charge in [0.05, 0.1) is 6.20 Å². The molecule has 3 rings (SSSR count). The normalized spacial score (nSPS) is 21.4. The molecule has 3 heterocycles. The van der Waals surface area contributed by atoms with Crippen LogP contribution >= 0.6 is 11.6 Å². The van der Waals surface area contributed by atoms with Gasteiger partial charge < -0.3 is 5.32 Å². The van der Waals surface area contributed by atoms with Crippen LogP contribution in [0.2, 0.25) is 5.15 Å². The lowest BCUT2D eigenvalue weighted by molar-refractivity contribution is 0.453. The highest BCUT2D eigenvalue weighted by atomic mass is 35.5. The molecule has 1 aliphatic rings. The largest absolute Gasteiger partial charge is 0.316 e. The van der Waals surface area contributed by atoms with Gasteiger partial charge in [-0.05, 0) is 25.5 Å². The molecule has 2 aromatic rings. The summed E-state index contributed by atoms with van der Waals surface area (Å²) in [5, 5.41) is 3.90. The summed E-state index contributed by atoms with van der Waals surface area (Å²) in [5.41, 5.74) is 1.23. The third-order valence-corrected chi connectivity index (χ3v) is 3.30. The second-order valence-electron chi connectivity index (χ2n) is 4.15. The fourth-order valence-corrected chi connectivity index (χ4v) is 2.41. The molecule has 2 aromatic heterocycles. The van der Waals surface area contributed by atoms with Crippen molar-refractivity contribution in [2.75, 3.05) is 13.1 Å². The first-order valence-corrected chi connectivity index (χ1v) is 5.92. The minimum absolute atomic E-state index is 0.492. The Morgan fingerprint density at radius 2 is 2.44 bits per heavy atom. The number of nitrogens with one attached hydrogen (secondary N) is 1. The number of halogens is 1. The summed E-state index contributed by atoms with van der Waals surface area (Å²) >= 11 is 5.84. The molecular formula is C11H13ClN4. The summed E-state index contributed by atoms with van der Waals surface area (Å²) in [6.07, 6.45) is 6.29. The molecule has 1 N–H and O–H groups in total. The van der Waals surface area contributed by atoms with Gasteiger partial charge in [-0.1, -0.05) is 11.6 Å². The van der Waals surface area contributed by atoms with Gasteiger partial charge in [-0.25, -0.2) is 9.97 Å². The van der Waals surface area contributed by atoms with Crippen LogP contribution in [0.1, 0.15) is 24.5 Å². The van der Waals surface area contributed by atoms with E-state index in [9.17, 15) is 0 Å². The zero-order chi connectivity index (χ0) is 11.0. The molecule has 0 aromatic carbocycles. The first-order chi connectivity index (χ1) is 7.84. The maximum Gasteiger partial charge on any atom is 0.235 e. The number of nitrogens with zero attached hydrogens (tertiary/aromatic N) is 3. The van der Waals surface area contributed by atoms with Gasteiger partial charge >= 0.3 is 0 Å². The molecule has 0 saturated carbocycles. The second kappa shape index (κ2) is 4.03. The molecule has 0 amide bonds. The smallest absolute Gasteiger partial charge is 0.235 e. The minimum Gasteiger partial charge on any atom is -0.316 e. The van der Waals surface area contributed by atoms with Crippen LogP contribution in [-0.2, 0) is 0 Å². The third-order valence-electron chi connectivity index (χ3n) is 3.09. The van der Waals surface area contributed by atoms with Gasteiger partial charge in [-0.15, -0.1) is 0 Å². The molecule has 0 spiro atoms. The molecule has 0 radical (unpaired) electrons. The molecule has 4 nitrogen and oxygen atoms in total. The van der Waals surface area contributed by atoms with Gasteiger partial charge in [-0.3, -0.25) is 4.40 Å². The van der Waals surface area contributed by atoms with E-state index in [1.54, 1.807) is 6.07 Å². The highest BCUT2D eigenvalue weighted by Crippen LogP contribution is 2.23. The van der Waals surface area contributed by atoms with Gasteiger partial charge in [0.2, 0.25) is 5.78 Å². The van der Waals surface area contributed by atoms with E-state index in [4.69, 9.17) is 11.6 Å². The molecule has 84 valence electrons. The van der Waals surface area contributed by atoms with Crippen molar-refractivity contribution in [2.24, 2.45) is 0 Å². The molecule has 16 heavy (non-hydrogen) atoms. The van der Waals surface area contributed by atoms with Crippen molar-refractivity contribution < 1.29 is 0 Å². The topological polar surface area (TPSA) is 42.2 Å². The van der Waals surface area contributed by atoms with Crippen molar-refractivity contribution in [1.82, 2.24) is 19.7 Å². The van der Waals surface area contributed by atoms with E-state index in [0.29, 0.717) is 16.8 Å². The Kier molecular flexibility index (Phi) is 2.53. The first-order valence-electron chi connectivity index (χ1n) is 5.55. The predicted molar refractivity (Wildman–Crippen MR) is 62.8 cm³/mol. The average molecular weight is 237 g/mol. The highest BCUT2D eigenvalue weighted by Gasteiger charge is 2.18. The fraction of sp³-hybridized carbons (Fsp3) is 0.455. The molecule has 1 fully saturated rings. The zero-order valence-electron chi connectivity index (χ0n) is 8.86. The van der Waals surface area contributed by atoms with Crippen molar-refractivity contribution in [3.63, 3.8) is 0 Å². The molecule has 1 unspecified atom stereocenters. The van der Waals surface area contributed by atoms with E-state index in [1.165, 1.54) is 18.5 Å². The van der Waals surface area contributed by atoms with E-state index < -0.39 is 0 Å². The van der Waals surface area contributed by atoms with Gasteiger partial charge in [0.25, 0.3) is 0 Å². The SMILES string of the molecule is Clc1ccn2c(C3CCCNC3)cnc2n1. The van der Waals surface area contributed by atoms with Crippen LogP contribution in [0.5, 0.6) is 0 Å². The average Bonchev–Trinajstić information content (AvgIpc) is 2.73. The Hall–Kier alpha value is -1.13. The molecule has 1 atom stereocenters.